The molecular formula is C11H10FN3. The Labute approximate surface area is 86.8 Å². The summed E-state index contributed by atoms with van der Waals surface area (Å²) in [7, 11) is 0. The molecule has 15 heavy (non-hydrogen) atoms. The molecule has 2 rings (SSSR count). The number of aryl methyl sites for hydroxylation is 1. The zero-order chi connectivity index (χ0) is 10.8. The van der Waals surface area contributed by atoms with Gasteiger partial charge in [0.15, 0.2) is 0 Å². The molecule has 0 aliphatic rings. The van der Waals surface area contributed by atoms with Gasteiger partial charge >= 0.3 is 0 Å². The second-order valence-electron chi connectivity index (χ2n) is 3.26. The van der Waals surface area contributed by atoms with Crippen molar-refractivity contribution in [2.24, 2.45) is 0 Å². The molecule has 76 valence electrons. The van der Waals surface area contributed by atoms with Gasteiger partial charge < -0.3 is 5.73 Å². The monoisotopic (exact) mass is 203 g/mol. The van der Waals surface area contributed by atoms with Gasteiger partial charge in [0.1, 0.15) is 5.82 Å². The zero-order valence-corrected chi connectivity index (χ0v) is 8.24. The molecule has 1 heterocycles. The Kier molecular flexibility index (Phi) is 2.33. The molecule has 4 heteroatoms. The van der Waals surface area contributed by atoms with Crippen LogP contribution in [0.25, 0.3) is 11.1 Å². The van der Waals surface area contributed by atoms with Crippen molar-refractivity contribution in [3.05, 3.63) is 42.0 Å². The number of anilines is 1. The lowest BCUT2D eigenvalue weighted by atomic mass is 10.0. The number of hydrogen-bond donors (Lipinski definition) is 1. The van der Waals surface area contributed by atoms with E-state index in [0.29, 0.717) is 11.1 Å². The van der Waals surface area contributed by atoms with Gasteiger partial charge in [-0.05, 0) is 18.6 Å². The van der Waals surface area contributed by atoms with Gasteiger partial charge in [0.25, 0.3) is 0 Å². The number of benzene rings is 1. The van der Waals surface area contributed by atoms with Crippen LogP contribution in [0.5, 0.6) is 0 Å². The average Bonchev–Trinajstić information content (AvgIpc) is 2.20. The van der Waals surface area contributed by atoms with Crippen LogP contribution < -0.4 is 5.73 Å². The molecule has 0 atom stereocenters. The summed E-state index contributed by atoms with van der Waals surface area (Å²) >= 11 is 0. The summed E-state index contributed by atoms with van der Waals surface area (Å²) < 4.78 is 13.5. The number of halogens is 1. The first-order valence-corrected chi connectivity index (χ1v) is 4.51. The molecule has 0 aliphatic heterocycles. The van der Waals surface area contributed by atoms with E-state index in [-0.39, 0.29) is 11.8 Å². The third kappa shape index (κ3) is 1.79. The van der Waals surface area contributed by atoms with E-state index in [1.807, 2.05) is 13.0 Å². The molecule has 1 aromatic carbocycles. The molecular weight excluding hydrogens is 193 g/mol. The highest BCUT2D eigenvalue weighted by Gasteiger charge is 2.08. The zero-order valence-electron chi connectivity index (χ0n) is 8.24. The Bertz CT molecular complexity index is 459. The van der Waals surface area contributed by atoms with E-state index in [0.717, 1.165) is 5.56 Å². The van der Waals surface area contributed by atoms with Gasteiger partial charge in [-0.3, -0.25) is 0 Å². The largest absolute Gasteiger partial charge is 0.368 e. The quantitative estimate of drug-likeness (QED) is 0.772. The van der Waals surface area contributed by atoms with E-state index in [1.54, 1.807) is 6.07 Å². The van der Waals surface area contributed by atoms with Crippen LogP contribution in [-0.4, -0.2) is 9.97 Å². The van der Waals surface area contributed by atoms with Crippen molar-refractivity contribution in [3.8, 4) is 11.1 Å². The van der Waals surface area contributed by atoms with Crippen LogP contribution >= 0.6 is 0 Å². The number of hydrogen-bond acceptors (Lipinski definition) is 3. The standard InChI is InChI=1S/C11H10FN3/c1-7-3-2-4-9(12)10(7)8-5-14-11(13)15-6-8/h2-6H,1H3,(H2,13,14,15). The van der Waals surface area contributed by atoms with Gasteiger partial charge in [-0.25, -0.2) is 14.4 Å². The molecule has 0 fully saturated rings. The molecule has 0 saturated carbocycles. The maximum atomic E-state index is 13.5. The Balaban J connectivity index is 2.58. The Morgan fingerprint density at radius 3 is 2.47 bits per heavy atom. The Hall–Kier alpha value is -1.97. The summed E-state index contributed by atoms with van der Waals surface area (Å²) in [6, 6.07) is 4.93. The third-order valence-electron chi connectivity index (χ3n) is 2.18. The molecule has 0 saturated heterocycles. The highest BCUT2D eigenvalue weighted by atomic mass is 19.1. The van der Waals surface area contributed by atoms with Crippen molar-refractivity contribution in [1.82, 2.24) is 9.97 Å². The van der Waals surface area contributed by atoms with Gasteiger partial charge in [-0.2, -0.15) is 0 Å². The van der Waals surface area contributed by atoms with E-state index in [9.17, 15) is 4.39 Å². The van der Waals surface area contributed by atoms with E-state index >= 15 is 0 Å². The molecule has 1 aromatic heterocycles. The van der Waals surface area contributed by atoms with Crippen molar-refractivity contribution < 1.29 is 4.39 Å². The minimum absolute atomic E-state index is 0.188. The van der Waals surface area contributed by atoms with Crippen molar-refractivity contribution in [2.75, 3.05) is 5.73 Å². The summed E-state index contributed by atoms with van der Waals surface area (Å²) in [6.45, 7) is 1.84. The first-order valence-electron chi connectivity index (χ1n) is 4.51. The lowest BCUT2D eigenvalue weighted by molar-refractivity contribution is 0.630. The van der Waals surface area contributed by atoms with Crippen LogP contribution in [0.2, 0.25) is 0 Å². The summed E-state index contributed by atoms with van der Waals surface area (Å²) in [5, 5.41) is 0. The Morgan fingerprint density at radius 2 is 1.87 bits per heavy atom. The molecule has 0 amide bonds. The van der Waals surface area contributed by atoms with Gasteiger partial charge in [-0.15, -0.1) is 0 Å². The minimum atomic E-state index is -0.275. The van der Waals surface area contributed by atoms with Crippen LogP contribution in [0.3, 0.4) is 0 Å². The smallest absolute Gasteiger partial charge is 0.219 e. The van der Waals surface area contributed by atoms with Crippen LogP contribution in [0.15, 0.2) is 30.6 Å². The maximum Gasteiger partial charge on any atom is 0.219 e. The van der Waals surface area contributed by atoms with Gasteiger partial charge in [0.2, 0.25) is 5.95 Å². The van der Waals surface area contributed by atoms with Gasteiger partial charge in [0.05, 0.1) is 0 Å². The summed E-state index contributed by atoms with van der Waals surface area (Å²) in [6.07, 6.45) is 3.04. The minimum Gasteiger partial charge on any atom is -0.368 e. The second-order valence-corrected chi connectivity index (χ2v) is 3.26. The number of nitrogens with two attached hydrogens (primary N) is 1. The molecule has 0 unspecified atom stereocenters. The second kappa shape index (κ2) is 3.65. The molecule has 0 bridgehead atoms. The van der Waals surface area contributed by atoms with E-state index in [1.165, 1.54) is 18.5 Å². The van der Waals surface area contributed by atoms with Crippen molar-refractivity contribution in [3.63, 3.8) is 0 Å². The van der Waals surface area contributed by atoms with Crippen molar-refractivity contribution >= 4 is 5.95 Å². The molecule has 2 N–H and O–H groups in total. The van der Waals surface area contributed by atoms with E-state index in [4.69, 9.17) is 5.73 Å². The van der Waals surface area contributed by atoms with Crippen molar-refractivity contribution in [2.45, 2.75) is 6.92 Å². The van der Waals surface area contributed by atoms with Gasteiger partial charge in [0, 0.05) is 23.5 Å². The fraction of sp³-hybridized carbons (Fsp3) is 0.0909. The highest BCUT2D eigenvalue weighted by Crippen LogP contribution is 2.25. The molecule has 0 radical (unpaired) electrons. The van der Waals surface area contributed by atoms with Gasteiger partial charge in [-0.1, -0.05) is 12.1 Å². The fourth-order valence-electron chi connectivity index (χ4n) is 1.46. The lowest BCUT2D eigenvalue weighted by Gasteiger charge is -2.06. The number of nitrogens with zero attached hydrogens (tertiary/aromatic N) is 2. The summed E-state index contributed by atoms with van der Waals surface area (Å²) in [4.78, 5) is 7.68. The number of aromatic nitrogens is 2. The summed E-state index contributed by atoms with van der Waals surface area (Å²) in [5.41, 5.74) is 7.38. The van der Waals surface area contributed by atoms with E-state index in [2.05, 4.69) is 9.97 Å². The molecule has 0 aliphatic carbocycles. The molecule has 0 spiro atoms. The maximum absolute atomic E-state index is 13.5. The summed E-state index contributed by atoms with van der Waals surface area (Å²) in [5.74, 6) is -0.0869. The normalized spacial score (nSPS) is 10.3. The topological polar surface area (TPSA) is 51.8 Å². The van der Waals surface area contributed by atoms with Crippen molar-refractivity contribution in [1.29, 1.82) is 0 Å². The number of rotatable bonds is 1. The fourth-order valence-corrected chi connectivity index (χ4v) is 1.46. The Morgan fingerprint density at radius 1 is 1.20 bits per heavy atom. The molecule has 2 aromatic rings. The lowest BCUT2D eigenvalue weighted by Crippen LogP contribution is -1.95. The van der Waals surface area contributed by atoms with Crippen LogP contribution in [0.1, 0.15) is 5.56 Å². The van der Waals surface area contributed by atoms with Crippen LogP contribution in [0.4, 0.5) is 10.3 Å². The SMILES string of the molecule is Cc1cccc(F)c1-c1cnc(N)nc1. The van der Waals surface area contributed by atoms with Crippen LogP contribution in [0, 0.1) is 12.7 Å². The predicted molar refractivity (Wildman–Crippen MR) is 56.6 cm³/mol. The first-order chi connectivity index (χ1) is 7.18. The predicted octanol–water partition coefficient (Wildman–Crippen LogP) is 2.17. The third-order valence-corrected chi connectivity index (χ3v) is 2.18. The van der Waals surface area contributed by atoms with E-state index < -0.39 is 0 Å². The highest BCUT2D eigenvalue weighted by molar-refractivity contribution is 5.66. The van der Waals surface area contributed by atoms with Crippen LogP contribution in [-0.2, 0) is 0 Å². The number of nitrogen functional groups attached to an aromatic ring is 1. The average molecular weight is 203 g/mol. The molecule has 3 nitrogen and oxygen atoms in total. The first kappa shape index (κ1) is 9.58.